The number of ether oxygens (including phenoxy) is 1. The molecule has 1 rings (SSSR count). The predicted molar refractivity (Wildman–Crippen MR) is 72.1 cm³/mol. The number of carbonyl (C=O) groups excluding carboxylic acids is 1. The summed E-state index contributed by atoms with van der Waals surface area (Å²) < 4.78 is 18.7. The van der Waals surface area contributed by atoms with Gasteiger partial charge in [-0.2, -0.15) is 5.26 Å². The van der Waals surface area contributed by atoms with Crippen LogP contribution in [-0.2, 0) is 4.79 Å². The second-order valence-electron chi connectivity index (χ2n) is 3.90. The lowest BCUT2D eigenvalue weighted by Crippen LogP contribution is -2.28. The summed E-state index contributed by atoms with van der Waals surface area (Å²) >= 11 is 3.06. The molecule has 0 aliphatic heterocycles. The summed E-state index contributed by atoms with van der Waals surface area (Å²) in [6, 6.07) is 6.29. The third-order valence-electron chi connectivity index (χ3n) is 2.46. The molecule has 0 radical (unpaired) electrons. The first-order chi connectivity index (χ1) is 9.04. The maximum atomic E-state index is 13.0. The molecule has 0 aliphatic carbocycles. The third-order valence-corrected chi connectivity index (χ3v) is 3.07. The molecule has 0 saturated carbocycles. The number of halogens is 2. The minimum Gasteiger partial charge on any atom is -0.493 e. The molecular formula is C13H14BrFN2O2. The van der Waals surface area contributed by atoms with Crippen LogP contribution < -0.4 is 4.74 Å². The van der Waals surface area contributed by atoms with Gasteiger partial charge in [-0.05, 0) is 34.1 Å². The molecule has 1 amide bonds. The van der Waals surface area contributed by atoms with Crippen LogP contribution in [-0.4, -0.2) is 31.0 Å². The fraction of sp³-hybridized carbons (Fsp3) is 0.385. The molecule has 0 fully saturated rings. The normalized spacial score (nSPS) is 9.79. The molecule has 0 aliphatic rings. The molecule has 0 saturated heterocycles. The quantitative estimate of drug-likeness (QED) is 0.806. The first kappa shape index (κ1) is 15.4. The summed E-state index contributed by atoms with van der Waals surface area (Å²) in [4.78, 5) is 13.1. The standard InChI is InChI=1S/C13H14BrFN2O2/c1-17(7-2-6-16)13(18)5-8-19-10-3-4-12(15)11(14)9-10/h3-4,9H,2,5,7-8H2,1H3. The maximum absolute atomic E-state index is 13.0. The van der Waals surface area contributed by atoms with E-state index in [1.165, 1.54) is 23.1 Å². The number of rotatable bonds is 6. The predicted octanol–water partition coefficient (Wildman–Crippen LogP) is 2.73. The third kappa shape index (κ3) is 5.26. The number of nitriles is 1. The van der Waals surface area contributed by atoms with Crippen molar-refractivity contribution in [2.75, 3.05) is 20.2 Å². The Labute approximate surface area is 119 Å². The molecule has 0 atom stereocenters. The van der Waals surface area contributed by atoms with Gasteiger partial charge in [0.25, 0.3) is 0 Å². The first-order valence-corrected chi connectivity index (χ1v) is 6.52. The maximum Gasteiger partial charge on any atom is 0.225 e. The molecule has 19 heavy (non-hydrogen) atoms. The van der Waals surface area contributed by atoms with Gasteiger partial charge in [0, 0.05) is 13.6 Å². The number of hydrogen-bond donors (Lipinski definition) is 0. The van der Waals surface area contributed by atoms with Gasteiger partial charge in [-0.3, -0.25) is 4.79 Å². The average Bonchev–Trinajstić information content (AvgIpc) is 2.39. The highest BCUT2D eigenvalue weighted by Crippen LogP contribution is 2.21. The Hall–Kier alpha value is -1.61. The van der Waals surface area contributed by atoms with Gasteiger partial charge in [-0.25, -0.2) is 4.39 Å². The molecule has 0 N–H and O–H groups in total. The number of benzene rings is 1. The van der Waals surface area contributed by atoms with Gasteiger partial charge in [0.15, 0.2) is 0 Å². The van der Waals surface area contributed by atoms with Crippen molar-refractivity contribution in [1.82, 2.24) is 4.90 Å². The monoisotopic (exact) mass is 328 g/mol. The van der Waals surface area contributed by atoms with Crippen LogP contribution in [0.4, 0.5) is 4.39 Å². The lowest BCUT2D eigenvalue weighted by Gasteiger charge is -2.15. The van der Waals surface area contributed by atoms with Gasteiger partial charge in [-0.1, -0.05) is 0 Å². The molecule has 0 unspecified atom stereocenters. The van der Waals surface area contributed by atoms with E-state index in [0.717, 1.165) is 0 Å². The highest BCUT2D eigenvalue weighted by Gasteiger charge is 2.08. The van der Waals surface area contributed by atoms with Gasteiger partial charge in [0.2, 0.25) is 5.91 Å². The van der Waals surface area contributed by atoms with E-state index in [-0.39, 0.29) is 24.8 Å². The Bertz CT molecular complexity index is 488. The second-order valence-corrected chi connectivity index (χ2v) is 4.75. The van der Waals surface area contributed by atoms with Crippen molar-refractivity contribution >= 4 is 21.8 Å². The molecule has 0 bridgehead atoms. The van der Waals surface area contributed by atoms with Crippen molar-refractivity contribution in [3.8, 4) is 11.8 Å². The first-order valence-electron chi connectivity index (χ1n) is 5.73. The summed E-state index contributed by atoms with van der Waals surface area (Å²) in [5, 5.41) is 8.42. The number of amides is 1. The van der Waals surface area contributed by atoms with Gasteiger partial charge >= 0.3 is 0 Å². The minimum absolute atomic E-state index is 0.0866. The molecule has 1 aromatic carbocycles. The lowest BCUT2D eigenvalue weighted by molar-refractivity contribution is -0.130. The highest BCUT2D eigenvalue weighted by molar-refractivity contribution is 9.10. The van der Waals surface area contributed by atoms with Crippen molar-refractivity contribution in [3.05, 3.63) is 28.5 Å². The molecule has 102 valence electrons. The molecule has 0 aromatic heterocycles. The fourth-order valence-electron chi connectivity index (χ4n) is 1.36. The van der Waals surface area contributed by atoms with Crippen LogP contribution in [0.25, 0.3) is 0 Å². The Balaban J connectivity index is 2.35. The fourth-order valence-corrected chi connectivity index (χ4v) is 1.71. The van der Waals surface area contributed by atoms with Gasteiger partial charge in [-0.15, -0.1) is 0 Å². The summed E-state index contributed by atoms with van der Waals surface area (Å²) in [6.07, 6.45) is 0.533. The second kappa shape index (κ2) is 7.74. The minimum atomic E-state index is -0.361. The van der Waals surface area contributed by atoms with E-state index >= 15 is 0 Å². The Kier molecular flexibility index (Phi) is 6.30. The molecule has 4 nitrogen and oxygen atoms in total. The van der Waals surface area contributed by atoms with Crippen LogP contribution in [0.15, 0.2) is 22.7 Å². The Morgan fingerprint density at radius 2 is 2.32 bits per heavy atom. The van der Waals surface area contributed by atoms with Gasteiger partial charge < -0.3 is 9.64 Å². The zero-order chi connectivity index (χ0) is 14.3. The number of hydrogen-bond acceptors (Lipinski definition) is 3. The van der Waals surface area contributed by atoms with Crippen molar-refractivity contribution in [1.29, 1.82) is 5.26 Å². The molecule has 6 heteroatoms. The number of carbonyl (C=O) groups is 1. The van der Waals surface area contributed by atoms with E-state index in [1.54, 1.807) is 7.05 Å². The van der Waals surface area contributed by atoms with Crippen LogP contribution in [0.1, 0.15) is 12.8 Å². The van der Waals surface area contributed by atoms with Crippen LogP contribution in [0.5, 0.6) is 5.75 Å². The van der Waals surface area contributed by atoms with Crippen LogP contribution in [0.3, 0.4) is 0 Å². The summed E-state index contributed by atoms with van der Waals surface area (Å²) in [5.74, 6) is 0.0526. The molecule has 1 aromatic rings. The smallest absolute Gasteiger partial charge is 0.225 e. The van der Waals surface area contributed by atoms with E-state index in [2.05, 4.69) is 15.9 Å². The van der Waals surface area contributed by atoms with Crippen LogP contribution >= 0.6 is 15.9 Å². The Morgan fingerprint density at radius 3 is 2.95 bits per heavy atom. The van der Waals surface area contributed by atoms with Crippen molar-refractivity contribution in [3.63, 3.8) is 0 Å². The largest absolute Gasteiger partial charge is 0.493 e. The molecular weight excluding hydrogens is 315 g/mol. The van der Waals surface area contributed by atoms with E-state index in [4.69, 9.17) is 10.00 Å². The zero-order valence-corrected chi connectivity index (χ0v) is 12.1. The van der Waals surface area contributed by atoms with E-state index in [0.29, 0.717) is 23.2 Å². The van der Waals surface area contributed by atoms with Gasteiger partial charge in [0.05, 0.1) is 30.0 Å². The SMILES string of the molecule is CN(CCC#N)C(=O)CCOc1ccc(F)c(Br)c1. The van der Waals surface area contributed by atoms with E-state index in [9.17, 15) is 9.18 Å². The molecule has 0 spiro atoms. The van der Waals surface area contributed by atoms with E-state index < -0.39 is 0 Å². The number of nitrogens with zero attached hydrogens (tertiary/aromatic N) is 2. The van der Waals surface area contributed by atoms with Crippen LogP contribution in [0.2, 0.25) is 0 Å². The summed E-state index contributed by atoms with van der Waals surface area (Å²) in [6.45, 7) is 0.630. The topological polar surface area (TPSA) is 53.3 Å². The highest BCUT2D eigenvalue weighted by atomic mass is 79.9. The Morgan fingerprint density at radius 1 is 1.58 bits per heavy atom. The zero-order valence-electron chi connectivity index (χ0n) is 10.5. The van der Waals surface area contributed by atoms with Crippen molar-refractivity contribution < 1.29 is 13.9 Å². The molecule has 0 heterocycles. The average molecular weight is 329 g/mol. The summed E-state index contributed by atoms with van der Waals surface area (Å²) in [7, 11) is 1.65. The lowest BCUT2D eigenvalue weighted by atomic mass is 10.3. The van der Waals surface area contributed by atoms with E-state index in [1.807, 2.05) is 6.07 Å². The van der Waals surface area contributed by atoms with Crippen molar-refractivity contribution in [2.45, 2.75) is 12.8 Å². The van der Waals surface area contributed by atoms with Crippen LogP contribution in [0, 0.1) is 17.1 Å². The van der Waals surface area contributed by atoms with Gasteiger partial charge in [0.1, 0.15) is 11.6 Å². The summed E-state index contributed by atoms with van der Waals surface area (Å²) in [5.41, 5.74) is 0. The van der Waals surface area contributed by atoms with Crippen molar-refractivity contribution in [2.24, 2.45) is 0 Å².